The molecule has 3 amide bonds. The zero-order valence-corrected chi connectivity index (χ0v) is 10.6. The van der Waals surface area contributed by atoms with Crippen LogP contribution >= 0.6 is 0 Å². The summed E-state index contributed by atoms with van der Waals surface area (Å²) in [6.07, 6.45) is 0. The standard InChI is InChI=1S/C13H14N2O4/c1-7(2)10(11(16)14-19)15-12(17)8-5-3-4-6-9(8)13(15)18/h3-7,10,19H,1-2H3,(H,14,16)/t10-/m0/s1. The quantitative estimate of drug-likeness (QED) is 0.479. The molecule has 2 rings (SSSR count). The van der Waals surface area contributed by atoms with Crippen LogP contribution in [0.1, 0.15) is 34.6 Å². The van der Waals surface area contributed by atoms with Crippen molar-refractivity contribution >= 4 is 17.7 Å². The summed E-state index contributed by atoms with van der Waals surface area (Å²) in [4.78, 5) is 37.0. The second kappa shape index (κ2) is 4.81. The number of imide groups is 1. The fourth-order valence-corrected chi connectivity index (χ4v) is 2.24. The van der Waals surface area contributed by atoms with Crippen LogP contribution in [0, 0.1) is 5.92 Å². The third kappa shape index (κ3) is 2.00. The van der Waals surface area contributed by atoms with Crippen molar-refractivity contribution in [2.24, 2.45) is 5.92 Å². The highest BCUT2D eigenvalue weighted by Gasteiger charge is 2.43. The van der Waals surface area contributed by atoms with E-state index in [1.165, 1.54) is 5.48 Å². The van der Waals surface area contributed by atoms with Crippen molar-refractivity contribution in [3.63, 3.8) is 0 Å². The van der Waals surface area contributed by atoms with Gasteiger partial charge in [-0.3, -0.25) is 24.5 Å². The van der Waals surface area contributed by atoms with Gasteiger partial charge in [0.25, 0.3) is 17.7 Å². The van der Waals surface area contributed by atoms with Gasteiger partial charge in [-0.25, -0.2) is 5.48 Å². The fraction of sp³-hybridized carbons (Fsp3) is 0.308. The van der Waals surface area contributed by atoms with E-state index in [0.29, 0.717) is 0 Å². The number of benzene rings is 1. The second-order valence-electron chi connectivity index (χ2n) is 4.69. The Morgan fingerprint density at radius 1 is 1.16 bits per heavy atom. The first-order chi connectivity index (χ1) is 8.99. The van der Waals surface area contributed by atoms with E-state index in [9.17, 15) is 14.4 Å². The fourth-order valence-electron chi connectivity index (χ4n) is 2.24. The molecule has 1 heterocycles. The van der Waals surface area contributed by atoms with Crippen LogP contribution in [0.15, 0.2) is 24.3 Å². The normalized spacial score (nSPS) is 15.7. The van der Waals surface area contributed by atoms with Crippen molar-refractivity contribution < 1.29 is 19.6 Å². The average molecular weight is 262 g/mol. The SMILES string of the molecule is CC(C)[C@@H](C(=O)NO)N1C(=O)c2ccccc2C1=O. The predicted molar refractivity (Wildman–Crippen MR) is 65.5 cm³/mol. The minimum Gasteiger partial charge on any atom is -0.289 e. The van der Waals surface area contributed by atoms with Gasteiger partial charge in [0.1, 0.15) is 6.04 Å². The molecule has 6 nitrogen and oxygen atoms in total. The Morgan fingerprint density at radius 2 is 1.63 bits per heavy atom. The van der Waals surface area contributed by atoms with Crippen molar-refractivity contribution in [3.8, 4) is 0 Å². The third-order valence-electron chi connectivity index (χ3n) is 3.11. The first-order valence-electron chi connectivity index (χ1n) is 5.90. The number of fused-ring (bicyclic) bond motifs is 1. The van der Waals surface area contributed by atoms with E-state index in [-0.39, 0.29) is 17.0 Å². The molecule has 0 radical (unpaired) electrons. The molecular formula is C13H14N2O4. The Balaban J connectivity index is 2.45. The lowest BCUT2D eigenvalue weighted by atomic mass is 10.0. The minimum absolute atomic E-state index is 0.281. The number of hydrogen-bond donors (Lipinski definition) is 2. The summed E-state index contributed by atoms with van der Waals surface area (Å²) < 4.78 is 0. The molecule has 0 fully saturated rings. The Morgan fingerprint density at radius 3 is 2.00 bits per heavy atom. The molecule has 0 aromatic heterocycles. The average Bonchev–Trinajstić information content (AvgIpc) is 2.64. The molecule has 6 heteroatoms. The van der Waals surface area contributed by atoms with Gasteiger partial charge >= 0.3 is 0 Å². The number of amides is 3. The number of hydrogen-bond acceptors (Lipinski definition) is 4. The van der Waals surface area contributed by atoms with Crippen molar-refractivity contribution in [2.45, 2.75) is 19.9 Å². The lowest BCUT2D eigenvalue weighted by Gasteiger charge is -2.27. The van der Waals surface area contributed by atoms with Crippen molar-refractivity contribution in [1.29, 1.82) is 0 Å². The van der Waals surface area contributed by atoms with Crippen LogP contribution in [0.5, 0.6) is 0 Å². The monoisotopic (exact) mass is 262 g/mol. The van der Waals surface area contributed by atoms with Crippen LogP contribution in [0.25, 0.3) is 0 Å². The van der Waals surface area contributed by atoms with E-state index >= 15 is 0 Å². The van der Waals surface area contributed by atoms with Gasteiger partial charge in [0.2, 0.25) is 0 Å². The summed E-state index contributed by atoms with van der Waals surface area (Å²) in [5.74, 6) is -2.11. The highest BCUT2D eigenvalue weighted by Crippen LogP contribution is 2.26. The molecule has 2 N–H and O–H groups in total. The lowest BCUT2D eigenvalue weighted by molar-refractivity contribution is -0.134. The molecule has 0 aliphatic carbocycles. The van der Waals surface area contributed by atoms with E-state index in [1.807, 2.05) is 0 Å². The van der Waals surface area contributed by atoms with Crippen LogP contribution in [0.4, 0.5) is 0 Å². The van der Waals surface area contributed by atoms with E-state index in [1.54, 1.807) is 38.1 Å². The summed E-state index contributed by atoms with van der Waals surface area (Å²) in [7, 11) is 0. The van der Waals surface area contributed by atoms with Gasteiger partial charge < -0.3 is 0 Å². The van der Waals surface area contributed by atoms with Crippen LogP contribution in [0.3, 0.4) is 0 Å². The number of carbonyl (C=O) groups excluding carboxylic acids is 3. The predicted octanol–water partition coefficient (Wildman–Crippen LogP) is 0.813. The molecule has 100 valence electrons. The van der Waals surface area contributed by atoms with Crippen molar-refractivity contribution in [2.75, 3.05) is 0 Å². The largest absolute Gasteiger partial charge is 0.289 e. The van der Waals surface area contributed by atoms with E-state index in [0.717, 1.165) is 4.90 Å². The summed E-state index contributed by atoms with van der Waals surface area (Å²) in [6.45, 7) is 3.40. The summed E-state index contributed by atoms with van der Waals surface area (Å²) >= 11 is 0. The number of carbonyl (C=O) groups is 3. The maximum absolute atomic E-state index is 12.2. The zero-order chi connectivity index (χ0) is 14.2. The third-order valence-corrected chi connectivity index (χ3v) is 3.11. The second-order valence-corrected chi connectivity index (χ2v) is 4.69. The first kappa shape index (κ1) is 13.2. The Bertz CT molecular complexity index is 518. The van der Waals surface area contributed by atoms with Gasteiger partial charge in [-0.05, 0) is 18.1 Å². The summed E-state index contributed by atoms with van der Waals surface area (Å²) in [5, 5.41) is 8.76. The Hall–Kier alpha value is -2.21. The Kier molecular flexibility index (Phi) is 3.35. The van der Waals surface area contributed by atoms with Gasteiger partial charge in [-0.15, -0.1) is 0 Å². The van der Waals surface area contributed by atoms with Gasteiger partial charge in [0, 0.05) is 0 Å². The van der Waals surface area contributed by atoms with Gasteiger partial charge in [0.05, 0.1) is 11.1 Å². The maximum atomic E-state index is 12.2. The smallest absolute Gasteiger partial charge is 0.266 e. The van der Waals surface area contributed by atoms with Gasteiger partial charge in [0.15, 0.2) is 0 Å². The number of hydroxylamine groups is 1. The van der Waals surface area contributed by atoms with E-state index in [2.05, 4.69) is 0 Å². The molecule has 0 saturated carbocycles. The van der Waals surface area contributed by atoms with Crippen LogP contribution in [-0.4, -0.2) is 33.9 Å². The molecule has 1 aliphatic heterocycles. The molecule has 0 unspecified atom stereocenters. The highest BCUT2D eigenvalue weighted by atomic mass is 16.5. The van der Waals surface area contributed by atoms with Crippen molar-refractivity contribution in [3.05, 3.63) is 35.4 Å². The minimum atomic E-state index is -1.03. The molecule has 0 saturated heterocycles. The zero-order valence-electron chi connectivity index (χ0n) is 10.6. The van der Waals surface area contributed by atoms with Crippen LogP contribution < -0.4 is 5.48 Å². The molecule has 0 bridgehead atoms. The van der Waals surface area contributed by atoms with Crippen LogP contribution in [0.2, 0.25) is 0 Å². The van der Waals surface area contributed by atoms with Crippen molar-refractivity contribution in [1.82, 2.24) is 10.4 Å². The molecule has 1 aliphatic rings. The molecule has 0 spiro atoms. The number of rotatable bonds is 3. The lowest BCUT2D eigenvalue weighted by Crippen LogP contribution is -2.51. The molecule has 1 atom stereocenters. The Labute approximate surface area is 110 Å². The number of nitrogens with zero attached hydrogens (tertiary/aromatic N) is 1. The molecule has 19 heavy (non-hydrogen) atoms. The van der Waals surface area contributed by atoms with Gasteiger partial charge in [-0.2, -0.15) is 0 Å². The number of nitrogens with one attached hydrogen (secondary N) is 1. The topological polar surface area (TPSA) is 86.7 Å². The maximum Gasteiger partial charge on any atom is 0.266 e. The highest BCUT2D eigenvalue weighted by molar-refractivity contribution is 6.22. The molecule has 1 aromatic carbocycles. The summed E-state index contributed by atoms with van der Waals surface area (Å²) in [6, 6.07) is 5.37. The first-order valence-corrected chi connectivity index (χ1v) is 5.90. The molecule has 1 aromatic rings. The van der Waals surface area contributed by atoms with E-state index in [4.69, 9.17) is 5.21 Å². The summed E-state index contributed by atoms with van der Waals surface area (Å²) in [5.41, 5.74) is 2.07. The van der Waals surface area contributed by atoms with Gasteiger partial charge in [-0.1, -0.05) is 26.0 Å². The van der Waals surface area contributed by atoms with Crippen LogP contribution in [-0.2, 0) is 4.79 Å². The van der Waals surface area contributed by atoms with E-state index < -0.39 is 23.8 Å². The molecular weight excluding hydrogens is 248 g/mol.